The third kappa shape index (κ3) is 5.44. The lowest BCUT2D eigenvalue weighted by atomic mass is 10.4. The van der Waals surface area contributed by atoms with Gasteiger partial charge in [0.15, 0.2) is 0 Å². The van der Waals surface area contributed by atoms with Gasteiger partial charge >= 0.3 is 0 Å². The topological polar surface area (TPSA) is 3.24 Å². The van der Waals surface area contributed by atoms with E-state index in [1.54, 1.807) is 12.4 Å². The first kappa shape index (κ1) is 11.4. The summed E-state index contributed by atoms with van der Waals surface area (Å²) >= 11 is 0. The van der Waals surface area contributed by atoms with Crippen LogP contribution in [0.25, 0.3) is 0 Å². The zero-order chi connectivity index (χ0) is 6.41. The predicted molar refractivity (Wildman–Crippen MR) is 44.6 cm³/mol. The summed E-state index contributed by atoms with van der Waals surface area (Å²) in [7, 11) is 0. The molecular formula is C7H14ClN. The van der Waals surface area contributed by atoms with Gasteiger partial charge in [0.1, 0.15) is 0 Å². The number of nitrogens with zero attached hydrogens (tertiary/aromatic N) is 1. The highest BCUT2D eigenvalue weighted by molar-refractivity contribution is 5.85. The minimum absolute atomic E-state index is 0. The fraction of sp³-hybridized carbons (Fsp3) is 0.429. The van der Waals surface area contributed by atoms with Gasteiger partial charge in [-0.05, 0) is 18.8 Å². The van der Waals surface area contributed by atoms with E-state index in [0.717, 1.165) is 13.0 Å². The van der Waals surface area contributed by atoms with Crippen LogP contribution in [0.4, 0.5) is 0 Å². The van der Waals surface area contributed by atoms with Crippen LogP contribution in [0, 0.1) is 0 Å². The molecule has 9 heavy (non-hydrogen) atoms. The van der Waals surface area contributed by atoms with Crippen molar-refractivity contribution >= 4 is 12.4 Å². The molecule has 0 aromatic rings. The van der Waals surface area contributed by atoms with Crippen molar-refractivity contribution in [2.45, 2.75) is 13.3 Å². The summed E-state index contributed by atoms with van der Waals surface area (Å²) in [6.45, 7) is 10.4. The number of halogens is 1. The molecule has 0 fully saturated rings. The molecule has 0 spiro atoms. The molecule has 0 radical (unpaired) electrons. The standard InChI is InChI=1S/C7H13N.ClH/c1-4-7-8(5-2)6-3;/h5-6H,2-4,7H2,1H3;1H. The van der Waals surface area contributed by atoms with Gasteiger partial charge in [0.05, 0.1) is 0 Å². The lowest BCUT2D eigenvalue weighted by molar-refractivity contribution is 0.504. The van der Waals surface area contributed by atoms with Gasteiger partial charge in [-0.2, -0.15) is 0 Å². The average Bonchev–Trinajstić information content (AvgIpc) is 1.83. The molecule has 0 rings (SSSR count). The second-order valence-corrected chi connectivity index (χ2v) is 1.60. The molecule has 0 aliphatic carbocycles. The zero-order valence-corrected chi connectivity index (χ0v) is 6.66. The van der Waals surface area contributed by atoms with E-state index in [1.807, 2.05) is 4.90 Å². The van der Waals surface area contributed by atoms with E-state index in [2.05, 4.69) is 20.1 Å². The van der Waals surface area contributed by atoms with Crippen molar-refractivity contribution in [3.63, 3.8) is 0 Å². The van der Waals surface area contributed by atoms with Crippen molar-refractivity contribution in [1.82, 2.24) is 4.90 Å². The van der Waals surface area contributed by atoms with E-state index in [0.29, 0.717) is 0 Å². The van der Waals surface area contributed by atoms with Crippen molar-refractivity contribution in [3.05, 3.63) is 25.6 Å². The Bertz CT molecular complexity index is 73.0. The third-order valence-corrected chi connectivity index (χ3v) is 0.951. The quantitative estimate of drug-likeness (QED) is 0.591. The molecular weight excluding hydrogens is 134 g/mol. The van der Waals surface area contributed by atoms with Gasteiger partial charge in [-0.1, -0.05) is 20.1 Å². The Hall–Kier alpha value is -0.430. The van der Waals surface area contributed by atoms with Gasteiger partial charge in [-0.25, -0.2) is 0 Å². The maximum atomic E-state index is 3.61. The van der Waals surface area contributed by atoms with Gasteiger partial charge in [0.25, 0.3) is 0 Å². The molecule has 0 aromatic carbocycles. The summed E-state index contributed by atoms with van der Waals surface area (Å²) in [5.41, 5.74) is 0. The molecule has 54 valence electrons. The van der Waals surface area contributed by atoms with Crippen molar-refractivity contribution < 1.29 is 0 Å². The Balaban J connectivity index is 0. The Morgan fingerprint density at radius 3 is 1.89 bits per heavy atom. The van der Waals surface area contributed by atoms with E-state index < -0.39 is 0 Å². The molecule has 0 aliphatic heterocycles. The molecule has 0 saturated carbocycles. The number of hydrogen-bond acceptors (Lipinski definition) is 1. The first-order valence-electron chi connectivity index (χ1n) is 2.86. The highest BCUT2D eigenvalue weighted by Crippen LogP contribution is 1.89. The van der Waals surface area contributed by atoms with E-state index in [-0.39, 0.29) is 12.4 Å². The van der Waals surface area contributed by atoms with E-state index in [9.17, 15) is 0 Å². The second kappa shape index (κ2) is 7.57. The van der Waals surface area contributed by atoms with Crippen LogP contribution < -0.4 is 0 Å². The van der Waals surface area contributed by atoms with Gasteiger partial charge < -0.3 is 4.90 Å². The predicted octanol–water partition coefficient (Wildman–Crippen LogP) is 2.41. The molecule has 1 nitrogen and oxygen atoms in total. The second-order valence-electron chi connectivity index (χ2n) is 1.60. The largest absolute Gasteiger partial charge is 0.355 e. The number of hydrogen-bond donors (Lipinski definition) is 0. The van der Waals surface area contributed by atoms with Crippen LogP contribution in [0.3, 0.4) is 0 Å². The molecule has 0 saturated heterocycles. The Labute approximate surface area is 63.5 Å². The normalized spacial score (nSPS) is 7.22. The maximum Gasteiger partial charge on any atom is 0.0216 e. The SMILES string of the molecule is C=CN(C=C)CCC.Cl. The van der Waals surface area contributed by atoms with Crippen LogP contribution in [0.5, 0.6) is 0 Å². The molecule has 0 amide bonds. The smallest absolute Gasteiger partial charge is 0.0216 e. The number of rotatable bonds is 4. The van der Waals surface area contributed by atoms with Gasteiger partial charge in [0, 0.05) is 6.54 Å². The lowest BCUT2D eigenvalue weighted by Gasteiger charge is -2.10. The molecule has 0 N–H and O–H groups in total. The van der Waals surface area contributed by atoms with Crippen molar-refractivity contribution in [3.8, 4) is 0 Å². The van der Waals surface area contributed by atoms with E-state index in [4.69, 9.17) is 0 Å². The van der Waals surface area contributed by atoms with Gasteiger partial charge in [-0.3, -0.25) is 0 Å². The minimum atomic E-state index is 0. The summed E-state index contributed by atoms with van der Waals surface area (Å²) in [5.74, 6) is 0. The van der Waals surface area contributed by atoms with Crippen LogP contribution in [0.2, 0.25) is 0 Å². The van der Waals surface area contributed by atoms with Crippen molar-refractivity contribution in [2.24, 2.45) is 0 Å². The summed E-state index contributed by atoms with van der Waals surface area (Å²) in [4.78, 5) is 1.96. The van der Waals surface area contributed by atoms with Crippen LogP contribution in [-0.2, 0) is 0 Å². The van der Waals surface area contributed by atoms with Crippen LogP contribution in [0.15, 0.2) is 25.6 Å². The molecule has 0 unspecified atom stereocenters. The fourth-order valence-electron chi connectivity index (χ4n) is 0.515. The van der Waals surface area contributed by atoms with E-state index in [1.165, 1.54) is 0 Å². The Kier molecular flexibility index (Phi) is 9.57. The molecule has 0 bridgehead atoms. The first-order valence-corrected chi connectivity index (χ1v) is 2.86. The summed E-state index contributed by atoms with van der Waals surface area (Å²) in [6.07, 6.45) is 4.69. The zero-order valence-electron chi connectivity index (χ0n) is 5.84. The monoisotopic (exact) mass is 147 g/mol. The van der Waals surface area contributed by atoms with Gasteiger partial charge in [0.2, 0.25) is 0 Å². The van der Waals surface area contributed by atoms with Crippen molar-refractivity contribution in [2.75, 3.05) is 6.54 Å². The molecule has 0 atom stereocenters. The van der Waals surface area contributed by atoms with Crippen LogP contribution in [-0.4, -0.2) is 11.4 Å². The van der Waals surface area contributed by atoms with Gasteiger partial charge in [-0.15, -0.1) is 12.4 Å². The maximum absolute atomic E-state index is 3.61. The Morgan fingerprint density at radius 2 is 1.78 bits per heavy atom. The molecule has 0 heterocycles. The van der Waals surface area contributed by atoms with Crippen molar-refractivity contribution in [1.29, 1.82) is 0 Å². The summed E-state index contributed by atoms with van der Waals surface area (Å²) < 4.78 is 0. The summed E-state index contributed by atoms with van der Waals surface area (Å²) in [5, 5.41) is 0. The van der Waals surface area contributed by atoms with E-state index >= 15 is 0 Å². The first-order chi connectivity index (χ1) is 3.85. The Morgan fingerprint density at radius 1 is 1.33 bits per heavy atom. The highest BCUT2D eigenvalue weighted by Gasteiger charge is 1.84. The van der Waals surface area contributed by atoms with Crippen LogP contribution >= 0.6 is 12.4 Å². The minimum Gasteiger partial charge on any atom is -0.355 e. The lowest BCUT2D eigenvalue weighted by Crippen LogP contribution is -2.08. The molecule has 0 aliphatic rings. The average molecular weight is 148 g/mol. The summed E-state index contributed by atoms with van der Waals surface area (Å²) in [6, 6.07) is 0. The fourth-order valence-corrected chi connectivity index (χ4v) is 0.515. The van der Waals surface area contributed by atoms with Crippen LogP contribution in [0.1, 0.15) is 13.3 Å². The third-order valence-electron chi connectivity index (χ3n) is 0.951. The molecule has 2 heteroatoms. The highest BCUT2D eigenvalue weighted by atomic mass is 35.5. The molecule has 0 aromatic heterocycles.